The Labute approximate surface area is 119 Å². The first-order chi connectivity index (χ1) is 7.90. The van der Waals surface area contributed by atoms with E-state index in [9.17, 15) is 4.79 Å². The van der Waals surface area contributed by atoms with E-state index in [1.54, 1.807) is 11.8 Å². The third-order valence-corrected chi connectivity index (χ3v) is 3.38. The second kappa shape index (κ2) is 7.67. The van der Waals surface area contributed by atoms with Gasteiger partial charge in [-0.05, 0) is 17.7 Å². The first-order valence-electron chi connectivity index (χ1n) is 5.63. The van der Waals surface area contributed by atoms with Crippen LogP contribution in [0.4, 0.5) is 5.69 Å². The van der Waals surface area contributed by atoms with Gasteiger partial charge >= 0.3 is 0 Å². The smallest absolute Gasteiger partial charge is 0.234 e. The van der Waals surface area contributed by atoms with Crippen LogP contribution in [-0.2, 0) is 11.3 Å². The average molecular weight is 289 g/mol. The summed E-state index contributed by atoms with van der Waals surface area (Å²) in [4.78, 5) is 11.7. The summed E-state index contributed by atoms with van der Waals surface area (Å²) < 4.78 is 0.112. The molecule has 5 heteroatoms. The van der Waals surface area contributed by atoms with E-state index in [1.165, 1.54) is 0 Å². The number of halogens is 1. The Kier molecular flexibility index (Phi) is 7.36. The minimum atomic E-state index is 0. The highest BCUT2D eigenvalue weighted by Gasteiger charge is 2.13. The number of hydrogen-bond donors (Lipinski definition) is 2. The van der Waals surface area contributed by atoms with E-state index in [-0.39, 0.29) is 23.1 Å². The molecule has 0 bridgehead atoms. The molecule has 0 unspecified atom stereocenters. The molecule has 18 heavy (non-hydrogen) atoms. The highest BCUT2D eigenvalue weighted by molar-refractivity contribution is 8.01. The Balaban J connectivity index is 0.00000289. The van der Waals surface area contributed by atoms with E-state index in [4.69, 9.17) is 5.73 Å². The molecule has 0 atom stereocenters. The summed E-state index contributed by atoms with van der Waals surface area (Å²) in [5.41, 5.74) is 7.39. The van der Waals surface area contributed by atoms with Crippen LogP contribution >= 0.6 is 24.2 Å². The normalized spacial score (nSPS) is 10.7. The summed E-state index contributed by atoms with van der Waals surface area (Å²) in [5.74, 6) is 0.507. The number of benzene rings is 1. The predicted molar refractivity (Wildman–Crippen MR) is 82.4 cm³/mol. The molecule has 0 aliphatic rings. The number of rotatable bonds is 4. The molecule has 1 rings (SSSR count). The van der Waals surface area contributed by atoms with Gasteiger partial charge in [-0.1, -0.05) is 32.9 Å². The van der Waals surface area contributed by atoms with Gasteiger partial charge in [0.1, 0.15) is 0 Å². The molecule has 0 saturated carbocycles. The predicted octanol–water partition coefficient (Wildman–Crippen LogP) is 3.04. The van der Waals surface area contributed by atoms with Crippen LogP contribution in [0.15, 0.2) is 24.3 Å². The summed E-state index contributed by atoms with van der Waals surface area (Å²) in [7, 11) is 0. The first-order valence-corrected chi connectivity index (χ1v) is 6.62. The van der Waals surface area contributed by atoms with E-state index < -0.39 is 0 Å². The van der Waals surface area contributed by atoms with Crippen LogP contribution in [0.25, 0.3) is 0 Å². The van der Waals surface area contributed by atoms with Crippen molar-refractivity contribution in [1.82, 2.24) is 0 Å². The van der Waals surface area contributed by atoms with Gasteiger partial charge in [0.05, 0.1) is 5.75 Å². The van der Waals surface area contributed by atoms with Crippen LogP contribution in [0.3, 0.4) is 0 Å². The van der Waals surface area contributed by atoms with E-state index in [0.29, 0.717) is 12.3 Å². The number of nitrogens with two attached hydrogens (primary N) is 1. The highest BCUT2D eigenvalue weighted by Crippen LogP contribution is 2.23. The lowest BCUT2D eigenvalue weighted by Gasteiger charge is -2.17. The van der Waals surface area contributed by atoms with E-state index in [1.807, 2.05) is 24.3 Å². The summed E-state index contributed by atoms with van der Waals surface area (Å²) in [6, 6.07) is 7.60. The second-order valence-electron chi connectivity index (χ2n) is 4.85. The molecule has 3 N–H and O–H groups in total. The van der Waals surface area contributed by atoms with Crippen molar-refractivity contribution in [3.8, 4) is 0 Å². The van der Waals surface area contributed by atoms with Crippen molar-refractivity contribution >= 4 is 35.8 Å². The maximum absolute atomic E-state index is 11.7. The van der Waals surface area contributed by atoms with Crippen molar-refractivity contribution < 1.29 is 4.79 Å². The topological polar surface area (TPSA) is 55.1 Å². The van der Waals surface area contributed by atoms with Crippen molar-refractivity contribution in [2.24, 2.45) is 5.73 Å². The Hall–Kier alpha value is -0.710. The molecule has 0 aliphatic heterocycles. The third kappa shape index (κ3) is 6.89. The van der Waals surface area contributed by atoms with Gasteiger partial charge in [-0.3, -0.25) is 4.79 Å². The zero-order chi connectivity index (χ0) is 12.9. The minimum absolute atomic E-state index is 0. The van der Waals surface area contributed by atoms with Gasteiger partial charge in [0.15, 0.2) is 0 Å². The molecule has 0 heterocycles. The fourth-order valence-corrected chi connectivity index (χ4v) is 1.84. The highest BCUT2D eigenvalue weighted by atomic mass is 35.5. The van der Waals surface area contributed by atoms with Gasteiger partial charge in [0, 0.05) is 17.0 Å². The van der Waals surface area contributed by atoms with Gasteiger partial charge in [0.2, 0.25) is 5.91 Å². The molecule has 0 saturated heterocycles. The summed E-state index contributed by atoms with van der Waals surface area (Å²) in [5, 5.41) is 2.87. The fraction of sp³-hybridized carbons (Fsp3) is 0.462. The maximum atomic E-state index is 11.7. The van der Waals surface area contributed by atoms with Crippen LogP contribution in [0, 0.1) is 0 Å². The van der Waals surface area contributed by atoms with Gasteiger partial charge in [-0.15, -0.1) is 24.2 Å². The molecule has 0 radical (unpaired) electrons. The molecule has 1 aromatic carbocycles. The standard InChI is InChI=1S/C13H20N2OS.ClH/c1-13(2,3)17-9-12(16)15-11-6-4-10(8-14)5-7-11;/h4-7H,8-9,14H2,1-3H3,(H,15,16);1H. The lowest BCUT2D eigenvalue weighted by atomic mass is 10.2. The maximum Gasteiger partial charge on any atom is 0.234 e. The molecular formula is C13H21ClN2OS. The number of thioether (sulfide) groups is 1. The Morgan fingerprint density at radius 1 is 1.28 bits per heavy atom. The van der Waals surface area contributed by atoms with Crippen molar-refractivity contribution in [2.75, 3.05) is 11.1 Å². The van der Waals surface area contributed by atoms with Gasteiger partial charge in [-0.25, -0.2) is 0 Å². The Morgan fingerprint density at radius 3 is 2.28 bits per heavy atom. The second-order valence-corrected chi connectivity index (χ2v) is 6.65. The zero-order valence-corrected chi connectivity index (χ0v) is 12.7. The van der Waals surface area contributed by atoms with Crippen LogP contribution in [0.5, 0.6) is 0 Å². The number of nitrogens with one attached hydrogen (secondary N) is 1. The van der Waals surface area contributed by atoms with Crippen molar-refractivity contribution in [1.29, 1.82) is 0 Å². The van der Waals surface area contributed by atoms with Crippen molar-refractivity contribution in [3.05, 3.63) is 29.8 Å². The molecule has 3 nitrogen and oxygen atoms in total. The van der Waals surface area contributed by atoms with Crippen LogP contribution in [0.1, 0.15) is 26.3 Å². The first kappa shape index (κ1) is 17.3. The lowest BCUT2D eigenvalue weighted by Crippen LogP contribution is -2.18. The Bertz CT molecular complexity index is 374. The van der Waals surface area contributed by atoms with Crippen molar-refractivity contribution in [2.45, 2.75) is 32.1 Å². The molecule has 102 valence electrons. The summed E-state index contributed by atoms with van der Waals surface area (Å²) in [6.45, 7) is 6.82. The van der Waals surface area contributed by atoms with Crippen LogP contribution < -0.4 is 11.1 Å². The minimum Gasteiger partial charge on any atom is -0.326 e. The molecular weight excluding hydrogens is 268 g/mol. The lowest BCUT2D eigenvalue weighted by molar-refractivity contribution is -0.113. The largest absolute Gasteiger partial charge is 0.326 e. The van der Waals surface area contributed by atoms with E-state index in [0.717, 1.165) is 11.3 Å². The molecule has 0 aromatic heterocycles. The number of carbonyl (C=O) groups excluding carboxylic acids is 1. The quantitative estimate of drug-likeness (QED) is 0.895. The third-order valence-electron chi connectivity index (χ3n) is 2.11. The van der Waals surface area contributed by atoms with Crippen molar-refractivity contribution in [3.63, 3.8) is 0 Å². The molecule has 1 amide bonds. The van der Waals surface area contributed by atoms with Crippen LogP contribution in [-0.4, -0.2) is 16.4 Å². The zero-order valence-electron chi connectivity index (χ0n) is 11.0. The average Bonchev–Trinajstić information content (AvgIpc) is 2.27. The molecule has 0 fully saturated rings. The molecule has 1 aromatic rings. The molecule has 0 aliphatic carbocycles. The fourth-order valence-electron chi connectivity index (χ4n) is 1.20. The summed E-state index contributed by atoms with van der Waals surface area (Å²) in [6.07, 6.45) is 0. The number of amides is 1. The van der Waals surface area contributed by atoms with Crippen LogP contribution in [0.2, 0.25) is 0 Å². The SMILES string of the molecule is CC(C)(C)SCC(=O)Nc1ccc(CN)cc1.Cl. The van der Waals surface area contributed by atoms with E-state index >= 15 is 0 Å². The number of hydrogen-bond acceptors (Lipinski definition) is 3. The summed E-state index contributed by atoms with van der Waals surface area (Å²) >= 11 is 1.64. The number of carbonyl (C=O) groups is 1. The molecule has 0 spiro atoms. The Morgan fingerprint density at radius 2 is 1.83 bits per heavy atom. The van der Waals surface area contributed by atoms with Gasteiger partial charge in [-0.2, -0.15) is 0 Å². The van der Waals surface area contributed by atoms with E-state index in [2.05, 4.69) is 26.1 Å². The van der Waals surface area contributed by atoms with Gasteiger partial charge < -0.3 is 11.1 Å². The number of anilines is 1. The monoisotopic (exact) mass is 288 g/mol. The van der Waals surface area contributed by atoms with Gasteiger partial charge in [0.25, 0.3) is 0 Å².